The van der Waals surface area contributed by atoms with Crippen molar-refractivity contribution in [2.45, 2.75) is 57.8 Å². The van der Waals surface area contributed by atoms with Crippen LogP contribution in [0.5, 0.6) is 0 Å². The second-order valence-electron chi connectivity index (χ2n) is 9.79. The van der Waals surface area contributed by atoms with Crippen LogP contribution in [0.1, 0.15) is 55.5 Å². The van der Waals surface area contributed by atoms with E-state index in [0.717, 1.165) is 68.3 Å². The van der Waals surface area contributed by atoms with Gasteiger partial charge < -0.3 is 10.1 Å². The molecule has 2 N–H and O–H groups in total. The first kappa shape index (κ1) is 19.8. The van der Waals surface area contributed by atoms with Crippen LogP contribution in [0.25, 0.3) is 22.4 Å². The number of aromatic amines is 1. The Kier molecular flexibility index (Phi) is 4.73. The van der Waals surface area contributed by atoms with Crippen molar-refractivity contribution in [3.63, 3.8) is 0 Å². The van der Waals surface area contributed by atoms with E-state index in [1.165, 1.54) is 17.8 Å². The maximum absolute atomic E-state index is 13.9. The summed E-state index contributed by atoms with van der Waals surface area (Å²) in [6.45, 7) is 0. The van der Waals surface area contributed by atoms with Crippen LogP contribution in [0.2, 0.25) is 0 Å². The van der Waals surface area contributed by atoms with E-state index >= 15 is 0 Å². The Morgan fingerprint density at radius 2 is 1.91 bits per heavy atom. The molecule has 0 radical (unpaired) electrons. The molecule has 3 aromatic heterocycles. The highest BCUT2D eigenvalue weighted by Gasteiger charge is 2.47. The van der Waals surface area contributed by atoms with Crippen LogP contribution in [-0.4, -0.2) is 31.0 Å². The van der Waals surface area contributed by atoms with Gasteiger partial charge in [0.2, 0.25) is 0 Å². The molecule has 0 aromatic carbocycles. The second-order valence-corrected chi connectivity index (χ2v) is 9.79. The standard InChI is InChI=1S/C25H27FN4O2/c26-15-9-18-19(12-28-23(18)27-11-15)24-29-20-4-2-1-3-16(20)21(30-24)10-17-13-5-7-14(8-6-13)22(17)25(31)32/h9,11-14,17,22H,1-8,10H2,(H,27,28)(H,31,32). The first-order valence-electron chi connectivity index (χ1n) is 11.8. The molecule has 0 amide bonds. The Hall–Kier alpha value is -2.83. The third-order valence-electron chi connectivity index (χ3n) is 8.11. The topological polar surface area (TPSA) is 91.8 Å². The predicted molar refractivity (Wildman–Crippen MR) is 117 cm³/mol. The van der Waals surface area contributed by atoms with Gasteiger partial charge in [-0.1, -0.05) is 0 Å². The van der Waals surface area contributed by atoms with Crippen molar-refractivity contribution in [2.75, 3.05) is 0 Å². The predicted octanol–water partition coefficient (Wildman–Crippen LogP) is 4.72. The van der Waals surface area contributed by atoms with Crippen LogP contribution in [0.15, 0.2) is 18.5 Å². The lowest BCUT2D eigenvalue weighted by Gasteiger charge is -2.47. The van der Waals surface area contributed by atoms with Gasteiger partial charge in [-0.2, -0.15) is 0 Å². The number of nitrogens with zero attached hydrogens (tertiary/aromatic N) is 3. The van der Waals surface area contributed by atoms with E-state index in [2.05, 4.69) is 9.97 Å². The van der Waals surface area contributed by atoms with Crippen molar-refractivity contribution in [1.82, 2.24) is 19.9 Å². The van der Waals surface area contributed by atoms with Crippen LogP contribution in [-0.2, 0) is 24.1 Å². The monoisotopic (exact) mass is 434 g/mol. The van der Waals surface area contributed by atoms with Gasteiger partial charge in [0, 0.05) is 28.5 Å². The van der Waals surface area contributed by atoms with E-state index in [4.69, 9.17) is 9.97 Å². The molecule has 3 saturated carbocycles. The molecule has 2 bridgehead atoms. The number of rotatable bonds is 4. The molecule has 166 valence electrons. The van der Waals surface area contributed by atoms with Gasteiger partial charge in [0.05, 0.1) is 12.1 Å². The van der Waals surface area contributed by atoms with Crippen LogP contribution < -0.4 is 0 Å². The molecule has 4 aliphatic carbocycles. The second kappa shape index (κ2) is 7.64. The number of hydrogen-bond donors (Lipinski definition) is 2. The average Bonchev–Trinajstić information content (AvgIpc) is 3.22. The summed E-state index contributed by atoms with van der Waals surface area (Å²) in [5.41, 5.74) is 4.66. The molecule has 2 atom stereocenters. The highest BCUT2D eigenvalue weighted by atomic mass is 19.1. The Morgan fingerprint density at radius 1 is 1.12 bits per heavy atom. The van der Waals surface area contributed by atoms with Gasteiger partial charge >= 0.3 is 5.97 Å². The molecule has 4 aliphatic rings. The van der Waals surface area contributed by atoms with E-state index in [1.54, 1.807) is 6.20 Å². The molecule has 3 fully saturated rings. The smallest absolute Gasteiger partial charge is 0.307 e. The highest BCUT2D eigenvalue weighted by molar-refractivity contribution is 5.91. The van der Waals surface area contributed by atoms with Crippen molar-refractivity contribution in [2.24, 2.45) is 23.7 Å². The average molecular weight is 435 g/mol. The number of aryl methyl sites for hydroxylation is 1. The van der Waals surface area contributed by atoms with Gasteiger partial charge in [0.25, 0.3) is 0 Å². The third-order valence-corrected chi connectivity index (χ3v) is 8.11. The molecule has 0 spiro atoms. The molecule has 32 heavy (non-hydrogen) atoms. The molecule has 3 aromatic rings. The van der Waals surface area contributed by atoms with Crippen LogP contribution in [0, 0.1) is 29.5 Å². The number of halogens is 1. The van der Waals surface area contributed by atoms with Crippen LogP contribution in [0.4, 0.5) is 4.39 Å². The minimum atomic E-state index is -0.647. The van der Waals surface area contributed by atoms with Gasteiger partial charge in [0.15, 0.2) is 5.82 Å². The maximum atomic E-state index is 13.9. The number of carboxylic acids is 1. The van der Waals surface area contributed by atoms with E-state index in [9.17, 15) is 14.3 Å². The maximum Gasteiger partial charge on any atom is 0.307 e. The Balaban J connectivity index is 1.44. The van der Waals surface area contributed by atoms with E-state index in [0.29, 0.717) is 35.1 Å². The van der Waals surface area contributed by atoms with Crippen molar-refractivity contribution in [3.05, 3.63) is 41.2 Å². The first-order chi connectivity index (χ1) is 15.6. The zero-order valence-electron chi connectivity index (χ0n) is 18.0. The molecule has 7 rings (SSSR count). The fourth-order valence-electron chi connectivity index (χ4n) is 6.60. The normalized spacial score (nSPS) is 26.9. The number of aromatic nitrogens is 4. The summed E-state index contributed by atoms with van der Waals surface area (Å²) in [5, 5.41) is 10.7. The summed E-state index contributed by atoms with van der Waals surface area (Å²) in [5.74, 6) is 0.173. The van der Waals surface area contributed by atoms with Crippen LogP contribution in [0.3, 0.4) is 0 Å². The lowest BCUT2D eigenvalue weighted by molar-refractivity contribution is -0.152. The number of nitrogens with one attached hydrogen (secondary N) is 1. The van der Waals surface area contributed by atoms with Gasteiger partial charge in [-0.3, -0.25) is 4.79 Å². The van der Waals surface area contributed by atoms with Crippen molar-refractivity contribution < 1.29 is 14.3 Å². The van der Waals surface area contributed by atoms with Crippen molar-refractivity contribution in [3.8, 4) is 11.4 Å². The zero-order valence-corrected chi connectivity index (χ0v) is 18.0. The van der Waals surface area contributed by atoms with Gasteiger partial charge in [0.1, 0.15) is 11.5 Å². The quantitative estimate of drug-likeness (QED) is 0.620. The lowest BCUT2D eigenvalue weighted by Crippen LogP contribution is -2.45. The Labute approximate surface area is 185 Å². The molecule has 7 heteroatoms. The number of carboxylic acid groups (broad SMARTS) is 1. The Bertz CT molecular complexity index is 1200. The molecule has 6 nitrogen and oxygen atoms in total. The number of pyridine rings is 1. The number of H-pyrrole nitrogens is 1. The molecule has 0 saturated heterocycles. The van der Waals surface area contributed by atoms with Crippen molar-refractivity contribution >= 4 is 17.0 Å². The number of carbonyl (C=O) groups is 1. The third kappa shape index (κ3) is 3.21. The number of hydrogen-bond acceptors (Lipinski definition) is 4. The summed E-state index contributed by atoms with van der Waals surface area (Å²) < 4.78 is 13.9. The highest BCUT2D eigenvalue weighted by Crippen LogP contribution is 2.50. The number of aliphatic carboxylic acids is 1. The summed E-state index contributed by atoms with van der Waals surface area (Å²) >= 11 is 0. The van der Waals surface area contributed by atoms with Gasteiger partial charge in [-0.05, 0) is 87.2 Å². The van der Waals surface area contributed by atoms with E-state index < -0.39 is 5.97 Å². The SMILES string of the molecule is O=C(O)C1C2CCC(CC2)C1Cc1nc(-c2c[nH]c3ncc(F)cc23)nc2c1CCCC2. The van der Waals surface area contributed by atoms with Crippen LogP contribution >= 0.6 is 0 Å². The molecular formula is C25H27FN4O2. The number of fused-ring (bicyclic) bond motifs is 5. The first-order valence-corrected chi connectivity index (χ1v) is 11.8. The summed E-state index contributed by atoms with van der Waals surface area (Å²) in [4.78, 5) is 29.3. The largest absolute Gasteiger partial charge is 0.481 e. The fraction of sp³-hybridized carbons (Fsp3) is 0.520. The van der Waals surface area contributed by atoms with Crippen molar-refractivity contribution in [1.29, 1.82) is 0 Å². The van der Waals surface area contributed by atoms with Gasteiger partial charge in [-0.15, -0.1) is 0 Å². The van der Waals surface area contributed by atoms with E-state index in [-0.39, 0.29) is 17.7 Å². The molecule has 2 unspecified atom stereocenters. The molecule has 0 aliphatic heterocycles. The molecular weight excluding hydrogens is 407 g/mol. The summed E-state index contributed by atoms with van der Waals surface area (Å²) in [6, 6.07) is 1.47. The minimum absolute atomic E-state index is 0.135. The molecule has 3 heterocycles. The Morgan fingerprint density at radius 3 is 2.72 bits per heavy atom. The summed E-state index contributed by atoms with van der Waals surface area (Å²) in [7, 11) is 0. The van der Waals surface area contributed by atoms with Gasteiger partial charge in [-0.25, -0.2) is 19.3 Å². The minimum Gasteiger partial charge on any atom is -0.481 e. The zero-order chi connectivity index (χ0) is 21.8. The lowest BCUT2D eigenvalue weighted by atomic mass is 9.57. The fourth-order valence-corrected chi connectivity index (χ4v) is 6.60. The van der Waals surface area contributed by atoms with E-state index in [1.807, 2.05) is 0 Å². The summed E-state index contributed by atoms with van der Waals surface area (Å²) in [6.07, 6.45) is 12.1.